The summed E-state index contributed by atoms with van der Waals surface area (Å²) >= 11 is 0. The van der Waals surface area contributed by atoms with Gasteiger partial charge in [0.1, 0.15) is 0 Å². The number of aliphatic hydroxyl groups excluding tert-OH is 1. The molecule has 1 aliphatic heterocycles. The van der Waals surface area contributed by atoms with Gasteiger partial charge < -0.3 is 19.3 Å². The molecule has 1 saturated heterocycles. The second-order valence-electron chi connectivity index (χ2n) is 14.3. The third-order valence-electron chi connectivity index (χ3n) is 13.5. The van der Waals surface area contributed by atoms with Crippen LogP contribution in [0.15, 0.2) is 0 Å². The molecular formula is C29H48O4. The first-order valence-corrected chi connectivity index (χ1v) is 13.9. The summed E-state index contributed by atoms with van der Waals surface area (Å²) in [4.78, 5) is 0. The Hall–Kier alpha value is -0.160. The van der Waals surface area contributed by atoms with Crippen molar-refractivity contribution in [2.24, 2.45) is 50.7 Å². The molecule has 0 bridgehead atoms. The molecule has 6 rings (SSSR count). The molecule has 0 aromatic rings. The van der Waals surface area contributed by atoms with Gasteiger partial charge in [-0.05, 0) is 96.7 Å². The Labute approximate surface area is 201 Å². The highest BCUT2D eigenvalue weighted by Crippen LogP contribution is 2.89. The zero-order valence-electron chi connectivity index (χ0n) is 22.2. The third kappa shape index (κ3) is 2.44. The number of methoxy groups -OCH3 is 2. The van der Waals surface area contributed by atoms with Crippen LogP contribution in [0.4, 0.5) is 0 Å². The number of hydrogen-bond acceptors (Lipinski definition) is 4. The highest BCUT2D eigenvalue weighted by molar-refractivity contribution is 5.33. The molecule has 6 fully saturated rings. The summed E-state index contributed by atoms with van der Waals surface area (Å²) in [5, 5.41) is 9.95. The van der Waals surface area contributed by atoms with Crippen LogP contribution in [0.25, 0.3) is 0 Å². The molecular weight excluding hydrogens is 412 g/mol. The summed E-state index contributed by atoms with van der Waals surface area (Å²) in [5.74, 6) is 2.60. The molecule has 4 nitrogen and oxygen atoms in total. The van der Waals surface area contributed by atoms with Gasteiger partial charge in [-0.1, -0.05) is 34.6 Å². The number of rotatable bonds is 3. The van der Waals surface area contributed by atoms with Crippen LogP contribution in [0, 0.1) is 50.7 Å². The molecule has 1 N–H and O–H groups in total. The van der Waals surface area contributed by atoms with Crippen molar-refractivity contribution in [3.63, 3.8) is 0 Å². The highest BCUT2D eigenvalue weighted by Gasteiger charge is 2.84. The van der Waals surface area contributed by atoms with E-state index in [0.29, 0.717) is 34.7 Å². The maximum atomic E-state index is 9.95. The Kier molecular flexibility index (Phi) is 4.92. The summed E-state index contributed by atoms with van der Waals surface area (Å²) in [5.41, 5.74) is 1.64. The van der Waals surface area contributed by atoms with Crippen molar-refractivity contribution in [2.45, 2.75) is 110 Å². The monoisotopic (exact) mass is 460 g/mol. The number of fused-ring (bicyclic) bond motifs is 4. The fraction of sp³-hybridized carbons (Fsp3) is 1.00. The van der Waals surface area contributed by atoms with Gasteiger partial charge >= 0.3 is 0 Å². The lowest BCUT2D eigenvalue weighted by Crippen LogP contribution is -2.60. The Bertz CT molecular complexity index is 811. The fourth-order valence-corrected chi connectivity index (χ4v) is 12.3. The molecule has 33 heavy (non-hydrogen) atoms. The van der Waals surface area contributed by atoms with Crippen LogP contribution < -0.4 is 0 Å². The summed E-state index contributed by atoms with van der Waals surface area (Å²) in [6, 6.07) is 0. The number of hydrogen-bond donors (Lipinski definition) is 1. The lowest BCUT2D eigenvalue weighted by molar-refractivity contribution is -0.190. The van der Waals surface area contributed by atoms with Gasteiger partial charge in [0.15, 0.2) is 0 Å². The first-order chi connectivity index (χ1) is 15.6. The van der Waals surface area contributed by atoms with Gasteiger partial charge in [0.25, 0.3) is 0 Å². The van der Waals surface area contributed by atoms with Gasteiger partial charge in [-0.3, -0.25) is 0 Å². The van der Waals surface area contributed by atoms with E-state index in [1.54, 1.807) is 0 Å². The van der Waals surface area contributed by atoms with Crippen LogP contribution >= 0.6 is 0 Å². The topological polar surface area (TPSA) is 47.9 Å². The summed E-state index contributed by atoms with van der Waals surface area (Å²) in [6.45, 7) is 12.8. The molecule has 4 heteroatoms. The second-order valence-corrected chi connectivity index (χ2v) is 14.3. The van der Waals surface area contributed by atoms with E-state index < -0.39 is 0 Å². The average Bonchev–Trinajstić information content (AvgIpc) is 3.38. The van der Waals surface area contributed by atoms with Crippen molar-refractivity contribution in [3.8, 4) is 0 Å². The third-order valence-corrected chi connectivity index (χ3v) is 13.5. The van der Waals surface area contributed by atoms with E-state index in [2.05, 4.69) is 34.6 Å². The van der Waals surface area contributed by atoms with Gasteiger partial charge in [-0.2, -0.15) is 0 Å². The quantitative estimate of drug-likeness (QED) is 0.607. The fourth-order valence-electron chi connectivity index (χ4n) is 12.3. The van der Waals surface area contributed by atoms with Gasteiger partial charge in [0, 0.05) is 19.6 Å². The molecule has 0 unspecified atom stereocenters. The van der Waals surface area contributed by atoms with E-state index in [1.165, 1.54) is 44.9 Å². The van der Waals surface area contributed by atoms with E-state index in [1.807, 2.05) is 14.2 Å². The normalized spacial score (nSPS) is 60.7. The summed E-state index contributed by atoms with van der Waals surface area (Å²) in [7, 11) is 3.85. The number of aliphatic hydroxyl groups is 1. The van der Waals surface area contributed by atoms with Crippen molar-refractivity contribution < 1.29 is 19.3 Å². The van der Waals surface area contributed by atoms with Crippen molar-refractivity contribution in [2.75, 3.05) is 20.8 Å². The van der Waals surface area contributed by atoms with Crippen molar-refractivity contribution >= 4 is 0 Å². The Balaban J connectivity index is 1.41. The molecule has 0 aromatic heterocycles. The van der Waals surface area contributed by atoms with Crippen molar-refractivity contribution in [3.05, 3.63) is 0 Å². The minimum Gasteiger partial charge on any atom is -0.394 e. The van der Waals surface area contributed by atoms with Gasteiger partial charge in [-0.15, -0.1) is 0 Å². The molecule has 0 amide bonds. The lowest BCUT2D eigenvalue weighted by atomic mass is 9.41. The Morgan fingerprint density at radius 3 is 2.27 bits per heavy atom. The predicted octanol–water partition coefficient (Wildman–Crippen LogP) is 5.46. The van der Waals surface area contributed by atoms with Gasteiger partial charge in [-0.25, -0.2) is 0 Å². The van der Waals surface area contributed by atoms with Gasteiger partial charge in [0.05, 0.1) is 31.0 Å². The maximum Gasteiger partial charge on any atom is 0.0897 e. The molecule has 2 spiro atoms. The van der Waals surface area contributed by atoms with E-state index in [-0.39, 0.29) is 41.2 Å². The first kappa shape index (κ1) is 23.3. The molecule has 1 heterocycles. The first-order valence-electron chi connectivity index (χ1n) is 13.9. The predicted molar refractivity (Wildman–Crippen MR) is 129 cm³/mol. The second kappa shape index (κ2) is 6.99. The van der Waals surface area contributed by atoms with Crippen molar-refractivity contribution in [1.29, 1.82) is 0 Å². The minimum absolute atomic E-state index is 0.0339. The Morgan fingerprint density at radius 1 is 0.909 bits per heavy atom. The SMILES string of the molecule is CO[C@H]1CC[C@]23C[C@]24CC[C@]2(C)[C@@H]5[C@H](O[C@@H](CO)C[C@H]5C)[C@H](OC)[C@@]2(C)[C@@H]4CC[C@H]3C1(C)C. The summed E-state index contributed by atoms with van der Waals surface area (Å²) in [6.07, 6.45) is 11.0. The van der Waals surface area contributed by atoms with Crippen LogP contribution in [-0.4, -0.2) is 50.3 Å². The largest absolute Gasteiger partial charge is 0.394 e. The lowest BCUT2D eigenvalue weighted by Gasteiger charge is -2.64. The van der Waals surface area contributed by atoms with Crippen LogP contribution in [0.1, 0.15) is 86.0 Å². The number of ether oxygens (including phenoxy) is 3. The molecule has 6 aliphatic rings. The highest BCUT2D eigenvalue weighted by atomic mass is 16.6. The van der Waals surface area contributed by atoms with E-state index in [4.69, 9.17) is 14.2 Å². The maximum absolute atomic E-state index is 9.95. The molecule has 12 atom stereocenters. The van der Waals surface area contributed by atoms with Crippen molar-refractivity contribution in [1.82, 2.24) is 0 Å². The zero-order valence-corrected chi connectivity index (χ0v) is 22.2. The smallest absolute Gasteiger partial charge is 0.0897 e. The molecule has 5 aliphatic carbocycles. The molecule has 5 saturated carbocycles. The van der Waals surface area contributed by atoms with Crippen LogP contribution in [0.5, 0.6) is 0 Å². The van der Waals surface area contributed by atoms with Crippen LogP contribution in [0.3, 0.4) is 0 Å². The van der Waals surface area contributed by atoms with Crippen LogP contribution in [-0.2, 0) is 14.2 Å². The van der Waals surface area contributed by atoms with E-state index in [0.717, 1.165) is 12.3 Å². The van der Waals surface area contributed by atoms with E-state index in [9.17, 15) is 5.11 Å². The standard InChI is InChI=1S/C29H48O4/c1-17-14-18(15-30)33-23-22(17)26(4)12-13-29-16-28(29)11-10-21(31-6)25(2,3)19(28)8-9-20(29)27(26,5)24(23)32-7/h17-24,30H,8-16H2,1-7H3/t17-,18-,19+,20+,21+,22+,23+,24+,26-,27-,28-,29+/m1/s1. The minimum atomic E-state index is -0.0339. The van der Waals surface area contributed by atoms with E-state index >= 15 is 0 Å². The Morgan fingerprint density at radius 2 is 1.61 bits per heavy atom. The van der Waals surface area contributed by atoms with Gasteiger partial charge in [0.2, 0.25) is 0 Å². The average molecular weight is 461 g/mol. The molecule has 0 radical (unpaired) electrons. The van der Waals surface area contributed by atoms with Crippen LogP contribution in [0.2, 0.25) is 0 Å². The molecule has 0 aromatic carbocycles. The zero-order chi connectivity index (χ0) is 23.6. The molecule has 188 valence electrons. The summed E-state index contributed by atoms with van der Waals surface area (Å²) < 4.78 is 19.1.